The van der Waals surface area contributed by atoms with E-state index in [2.05, 4.69) is 35.8 Å². The molecule has 0 saturated heterocycles. The molecule has 4 saturated carbocycles. The van der Waals surface area contributed by atoms with E-state index in [0.717, 1.165) is 30.6 Å². The average molecular weight is 394 g/mol. The van der Waals surface area contributed by atoms with E-state index < -0.39 is 0 Å². The average Bonchev–Trinajstić information content (AvgIpc) is 3.08. The largest absolute Gasteiger partial charge is 0.265 e. The maximum absolute atomic E-state index is 4.77. The Morgan fingerprint density at radius 2 is 1.79 bits per heavy atom. The molecule has 0 amide bonds. The highest BCUT2D eigenvalue weighted by atomic mass is 32.1. The molecule has 1 atom stereocenters. The van der Waals surface area contributed by atoms with Crippen LogP contribution in [0, 0.1) is 42.4 Å². The second kappa shape index (κ2) is 7.89. The maximum atomic E-state index is 4.77. The quantitative estimate of drug-likeness (QED) is 0.502. The van der Waals surface area contributed by atoms with Crippen molar-refractivity contribution in [3.05, 3.63) is 52.6 Å². The number of hydrogen-bond acceptors (Lipinski definition) is 3. The fourth-order valence-corrected chi connectivity index (χ4v) is 7.64. The van der Waals surface area contributed by atoms with Crippen LogP contribution in [-0.4, -0.2) is 9.97 Å². The fourth-order valence-electron chi connectivity index (χ4n) is 7.01. The van der Waals surface area contributed by atoms with E-state index in [1.807, 2.05) is 12.4 Å². The van der Waals surface area contributed by atoms with Gasteiger partial charge in [-0.25, -0.2) is 4.98 Å². The van der Waals surface area contributed by atoms with Gasteiger partial charge in [-0.2, -0.15) is 0 Å². The molecule has 2 aromatic rings. The van der Waals surface area contributed by atoms with Crippen molar-refractivity contribution in [1.29, 1.82) is 0 Å². The number of aryl methyl sites for hydroxylation is 1. The summed E-state index contributed by atoms with van der Waals surface area (Å²) in [6, 6.07) is 4.26. The summed E-state index contributed by atoms with van der Waals surface area (Å²) in [5, 5.41) is 3.48. The van der Waals surface area contributed by atoms with Gasteiger partial charge in [-0.1, -0.05) is 0 Å². The van der Waals surface area contributed by atoms with Crippen LogP contribution >= 0.6 is 11.3 Å². The summed E-state index contributed by atoms with van der Waals surface area (Å²) in [6.45, 7) is 2.13. The topological polar surface area (TPSA) is 25.8 Å². The Kier molecular flexibility index (Phi) is 5.30. The molecule has 4 bridgehead atoms. The molecule has 1 unspecified atom stereocenters. The number of thiazole rings is 1. The Bertz CT molecular complexity index is 746. The van der Waals surface area contributed by atoms with Gasteiger partial charge >= 0.3 is 0 Å². The van der Waals surface area contributed by atoms with Crippen molar-refractivity contribution in [3.63, 3.8) is 0 Å². The summed E-state index contributed by atoms with van der Waals surface area (Å²) in [7, 11) is 0. The van der Waals surface area contributed by atoms with Crippen LogP contribution in [0.25, 0.3) is 0 Å². The van der Waals surface area contributed by atoms with Gasteiger partial charge in [-0.3, -0.25) is 4.98 Å². The Morgan fingerprint density at radius 1 is 1.11 bits per heavy atom. The molecule has 0 N–H and O–H groups in total. The minimum Gasteiger partial charge on any atom is -0.265 e. The molecular weight excluding hydrogens is 360 g/mol. The molecule has 4 fully saturated rings. The molecule has 2 aromatic heterocycles. The molecule has 4 aliphatic rings. The Balaban J connectivity index is 1.24. The third-order valence-electron chi connectivity index (χ3n) is 7.81. The third kappa shape index (κ3) is 4.20. The lowest BCUT2D eigenvalue weighted by Crippen LogP contribution is -2.46. The van der Waals surface area contributed by atoms with E-state index in [1.165, 1.54) is 48.4 Å². The predicted molar refractivity (Wildman–Crippen MR) is 116 cm³/mol. The van der Waals surface area contributed by atoms with Crippen LogP contribution in [0.5, 0.6) is 0 Å². The Hall–Kier alpha value is -1.22. The van der Waals surface area contributed by atoms with Crippen molar-refractivity contribution in [2.75, 3.05) is 0 Å². The standard InChI is InChI=1S/C25H33N2S/c1-18-27-24(17-28-18)13-20(3-2-19-5-8-26-9-6-19)4-7-25-14-21-10-22(15-25)12-23(11-21)16-25/h2,5-6,8-9,17,20-23H,3-4,7,10-16H2,1H3. The van der Waals surface area contributed by atoms with Gasteiger partial charge < -0.3 is 0 Å². The summed E-state index contributed by atoms with van der Waals surface area (Å²) >= 11 is 1.80. The van der Waals surface area contributed by atoms with Gasteiger partial charge in [-0.05, 0) is 124 Å². The van der Waals surface area contributed by atoms with Gasteiger partial charge in [0.15, 0.2) is 0 Å². The van der Waals surface area contributed by atoms with Gasteiger partial charge in [0.1, 0.15) is 0 Å². The molecule has 0 aromatic carbocycles. The molecule has 2 heterocycles. The summed E-state index contributed by atoms with van der Waals surface area (Å²) in [5.41, 5.74) is 3.31. The van der Waals surface area contributed by atoms with Gasteiger partial charge in [0.05, 0.1) is 10.7 Å². The minimum atomic E-state index is 0.696. The van der Waals surface area contributed by atoms with Crippen molar-refractivity contribution in [3.8, 4) is 0 Å². The van der Waals surface area contributed by atoms with Crippen LogP contribution in [0.15, 0.2) is 29.9 Å². The zero-order valence-corrected chi connectivity index (χ0v) is 18.0. The van der Waals surface area contributed by atoms with Crippen LogP contribution in [0.2, 0.25) is 0 Å². The molecule has 149 valence electrons. The minimum absolute atomic E-state index is 0.696. The first kappa shape index (κ1) is 18.8. The van der Waals surface area contributed by atoms with Crippen molar-refractivity contribution in [2.45, 2.75) is 71.1 Å². The number of aromatic nitrogens is 2. The van der Waals surface area contributed by atoms with Crippen LogP contribution in [-0.2, 0) is 6.42 Å². The summed E-state index contributed by atoms with van der Waals surface area (Å²) < 4.78 is 0. The van der Waals surface area contributed by atoms with Crippen molar-refractivity contribution < 1.29 is 0 Å². The van der Waals surface area contributed by atoms with E-state index in [9.17, 15) is 0 Å². The Morgan fingerprint density at radius 3 is 2.39 bits per heavy atom. The summed E-state index contributed by atoms with van der Waals surface area (Å²) in [4.78, 5) is 8.93. The highest BCUT2D eigenvalue weighted by Gasteiger charge is 2.50. The second-order valence-corrected chi connectivity index (χ2v) is 11.2. The lowest BCUT2D eigenvalue weighted by Gasteiger charge is -2.57. The van der Waals surface area contributed by atoms with E-state index in [4.69, 9.17) is 4.98 Å². The zero-order chi connectivity index (χ0) is 19.0. The zero-order valence-electron chi connectivity index (χ0n) is 17.1. The maximum Gasteiger partial charge on any atom is 0.0897 e. The van der Waals surface area contributed by atoms with Crippen LogP contribution < -0.4 is 0 Å². The molecule has 6 rings (SSSR count). The molecule has 28 heavy (non-hydrogen) atoms. The van der Waals surface area contributed by atoms with Crippen LogP contribution in [0.3, 0.4) is 0 Å². The second-order valence-electron chi connectivity index (χ2n) is 10.1. The van der Waals surface area contributed by atoms with E-state index in [-0.39, 0.29) is 0 Å². The first-order valence-corrected chi connectivity index (χ1v) is 12.2. The highest BCUT2D eigenvalue weighted by Crippen LogP contribution is 2.61. The lowest BCUT2D eigenvalue weighted by atomic mass is 9.48. The normalized spacial score (nSPS) is 32.0. The first-order chi connectivity index (χ1) is 13.7. The molecule has 2 nitrogen and oxygen atoms in total. The smallest absolute Gasteiger partial charge is 0.0897 e. The molecule has 4 aliphatic carbocycles. The molecule has 0 aliphatic heterocycles. The van der Waals surface area contributed by atoms with Crippen LogP contribution in [0.1, 0.15) is 74.1 Å². The van der Waals surface area contributed by atoms with Gasteiger partial charge in [0.25, 0.3) is 0 Å². The number of pyridine rings is 1. The molecule has 3 heteroatoms. The number of hydrogen-bond donors (Lipinski definition) is 0. The summed E-state index contributed by atoms with van der Waals surface area (Å²) in [6.07, 6.45) is 20.6. The predicted octanol–water partition coefficient (Wildman–Crippen LogP) is 6.64. The van der Waals surface area contributed by atoms with Crippen molar-refractivity contribution >= 4 is 11.3 Å². The monoisotopic (exact) mass is 393 g/mol. The van der Waals surface area contributed by atoms with E-state index >= 15 is 0 Å². The van der Waals surface area contributed by atoms with Gasteiger partial charge in [0.2, 0.25) is 0 Å². The van der Waals surface area contributed by atoms with E-state index in [0.29, 0.717) is 11.3 Å². The SMILES string of the molecule is Cc1nc(CC(C[CH]c2ccncc2)CCC23CC4CC(CC(C4)C2)C3)cs1. The Labute approximate surface area is 174 Å². The van der Waals surface area contributed by atoms with Gasteiger partial charge in [-0.15, -0.1) is 11.3 Å². The molecule has 0 spiro atoms. The molecular formula is C25H33N2S. The number of nitrogens with zero attached hydrogens (tertiary/aromatic N) is 2. The number of rotatable bonds is 8. The van der Waals surface area contributed by atoms with E-state index in [1.54, 1.807) is 30.6 Å². The first-order valence-electron chi connectivity index (χ1n) is 11.3. The highest BCUT2D eigenvalue weighted by molar-refractivity contribution is 7.09. The van der Waals surface area contributed by atoms with Crippen molar-refractivity contribution in [1.82, 2.24) is 9.97 Å². The van der Waals surface area contributed by atoms with Crippen molar-refractivity contribution in [2.24, 2.45) is 29.1 Å². The lowest BCUT2D eigenvalue weighted by molar-refractivity contribution is -0.0600. The summed E-state index contributed by atoms with van der Waals surface area (Å²) in [5.74, 6) is 3.90. The fraction of sp³-hybridized carbons (Fsp3) is 0.640. The van der Waals surface area contributed by atoms with Gasteiger partial charge in [0, 0.05) is 17.8 Å². The molecule has 1 radical (unpaired) electrons. The third-order valence-corrected chi connectivity index (χ3v) is 8.63. The van der Waals surface area contributed by atoms with Crippen LogP contribution in [0.4, 0.5) is 0 Å².